The largest absolute Gasteiger partial charge is 0.474 e. The van der Waals surface area contributed by atoms with Crippen molar-refractivity contribution in [2.45, 2.75) is 44.8 Å². The molecule has 0 unspecified atom stereocenters. The van der Waals surface area contributed by atoms with Crippen LogP contribution in [0.4, 0.5) is 5.82 Å². The number of amides is 2. The average Bonchev–Trinajstić information content (AvgIpc) is 3.39. The maximum atomic E-state index is 12.4. The number of carbonyl (C=O) groups is 2. The highest BCUT2D eigenvalue weighted by molar-refractivity contribution is 6.05. The molecule has 3 aromatic rings. The molecule has 1 saturated heterocycles. The molecule has 2 amide bonds. The van der Waals surface area contributed by atoms with Crippen LogP contribution in [0.25, 0.3) is 10.9 Å². The summed E-state index contributed by atoms with van der Waals surface area (Å²) in [5.41, 5.74) is 0.982. The van der Waals surface area contributed by atoms with Crippen LogP contribution in [0.3, 0.4) is 0 Å². The number of pyridine rings is 2. The second-order valence-electron chi connectivity index (χ2n) is 8.74. The van der Waals surface area contributed by atoms with Gasteiger partial charge in [-0.2, -0.15) is 4.98 Å². The van der Waals surface area contributed by atoms with Gasteiger partial charge in [0.2, 0.25) is 11.8 Å². The van der Waals surface area contributed by atoms with Gasteiger partial charge in [-0.3, -0.25) is 19.9 Å². The lowest BCUT2D eigenvalue weighted by atomic mass is 9.93. The Morgan fingerprint density at radius 1 is 1.15 bits per heavy atom. The number of aromatic nitrogens is 4. The van der Waals surface area contributed by atoms with E-state index in [0.29, 0.717) is 36.0 Å². The van der Waals surface area contributed by atoms with E-state index in [1.54, 1.807) is 6.07 Å². The Bertz CT molecular complexity index is 1170. The molecule has 1 N–H and O–H groups in total. The lowest BCUT2D eigenvalue weighted by Crippen LogP contribution is -2.36. The van der Waals surface area contributed by atoms with E-state index in [2.05, 4.69) is 24.8 Å². The number of hydrogen-bond donors (Lipinski definition) is 1. The summed E-state index contributed by atoms with van der Waals surface area (Å²) < 4.78 is 14.1. The number of imide groups is 1. The van der Waals surface area contributed by atoms with E-state index in [9.17, 15) is 9.59 Å². The van der Waals surface area contributed by atoms with E-state index in [1.165, 1.54) is 13.1 Å². The predicted molar refractivity (Wildman–Crippen MR) is 125 cm³/mol. The average molecular weight is 465 g/mol. The number of hydrogen-bond acceptors (Lipinski definition) is 8. The van der Waals surface area contributed by atoms with Crippen molar-refractivity contribution in [3.05, 3.63) is 42.6 Å². The molecule has 4 heterocycles. The number of nitrogens with zero attached hydrogens (tertiary/aromatic N) is 5. The second-order valence-corrected chi connectivity index (χ2v) is 8.74. The van der Waals surface area contributed by atoms with Crippen molar-refractivity contribution >= 4 is 28.5 Å². The molecule has 10 heteroatoms. The van der Waals surface area contributed by atoms with Gasteiger partial charge in [-0.1, -0.05) is 0 Å². The summed E-state index contributed by atoms with van der Waals surface area (Å²) in [5, 5.41) is 2.95. The van der Waals surface area contributed by atoms with Crippen LogP contribution in [0.15, 0.2) is 37.1 Å². The number of carbonyl (C=O) groups excluding carboxylic acids is 2. The summed E-state index contributed by atoms with van der Waals surface area (Å²) in [5.74, 6) is 0.337. The van der Waals surface area contributed by atoms with Crippen LogP contribution in [-0.4, -0.2) is 63.7 Å². The maximum absolute atomic E-state index is 12.4. The van der Waals surface area contributed by atoms with Gasteiger partial charge >= 0.3 is 0 Å². The Kier molecular flexibility index (Phi) is 6.39. The minimum absolute atomic E-state index is 0.0186. The highest BCUT2D eigenvalue weighted by Gasteiger charge is 2.25. The van der Waals surface area contributed by atoms with Crippen molar-refractivity contribution < 1.29 is 19.1 Å². The Morgan fingerprint density at radius 2 is 1.94 bits per heavy atom. The summed E-state index contributed by atoms with van der Waals surface area (Å²) in [6.45, 7) is 4.08. The number of nitrogens with one attached hydrogen (secondary N) is 1. The maximum Gasteiger partial charge on any atom is 0.259 e. The molecule has 10 nitrogen and oxygen atoms in total. The van der Waals surface area contributed by atoms with Gasteiger partial charge in [0.05, 0.1) is 36.0 Å². The molecule has 0 bridgehead atoms. The van der Waals surface area contributed by atoms with Gasteiger partial charge in [0.25, 0.3) is 5.91 Å². The Balaban J connectivity index is 1.43. The van der Waals surface area contributed by atoms with E-state index in [1.807, 2.05) is 24.8 Å². The third-order valence-corrected chi connectivity index (χ3v) is 6.39. The van der Waals surface area contributed by atoms with Crippen molar-refractivity contribution in [2.24, 2.45) is 0 Å². The molecule has 0 atom stereocenters. The molecular weight excluding hydrogens is 436 g/mol. The zero-order valence-corrected chi connectivity index (χ0v) is 19.1. The lowest BCUT2D eigenvalue weighted by Gasteiger charge is -2.31. The van der Waals surface area contributed by atoms with Gasteiger partial charge in [0, 0.05) is 50.7 Å². The summed E-state index contributed by atoms with van der Waals surface area (Å²) >= 11 is 0. The summed E-state index contributed by atoms with van der Waals surface area (Å²) in [6.07, 6.45) is 11.0. The highest BCUT2D eigenvalue weighted by Crippen LogP contribution is 2.34. The number of ether oxygens (including phenoxy) is 2. The topological polar surface area (TPSA) is 111 Å². The van der Waals surface area contributed by atoms with E-state index >= 15 is 0 Å². The standard InChI is InChI=1S/C24H28N6O4/c1-16(31)27-23(32)17-12-20-21(26-14-17)13-22(29-8-10-33-11-9-29)28-24(20)34-19-4-2-18(3-5-19)30-7-6-25-15-30/h6-7,12-15,18-19H,2-5,8-11H2,1H3,(H,27,31,32)/t18-,19+. The van der Waals surface area contributed by atoms with Gasteiger partial charge in [0.15, 0.2) is 0 Å². The normalized spacial score (nSPS) is 20.8. The molecule has 5 rings (SSSR count). The number of fused-ring (bicyclic) bond motifs is 1. The van der Waals surface area contributed by atoms with Crippen LogP contribution in [0.5, 0.6) is 5.88 Å². The van der Waals surface area contributed by atoms with Crippen molar-refractivity contribution in [1.82, 2.24) is 24.8 Å². The zero-order chi connectivity index (χ0) is 23.5. The quantitative estimate of drug-likeness (QED) is 0.613. The van der Waals surface area contributed by atoms with E-state index in [4.69, 9.17) is 14.5 Å². The van der Waals surface area contributed by atoms with Gasteiger partial charge in [-0.25, -0.2) is 4.98 Å². The zero-order valence-electron chi connectivity index (χ0n) is 19.1. The van der Waals surface area contributed by atoms with Crippen molar-refractivity contribution in [1.29, 1.82) is 0 Å². The van der Waals surface area contributed by atoms with E-state index in [-0.39, 0.29) is 11.7 Å². The fourth-order valence-corrected chi connectivity index (χ4v) is 4.59. The van der Waals surface area contributed by atoms with Gasteiger partial charge < -0.3 is 18.9 Å². The molecule has 1 aliphatic carbocycles. The van der Waals surface area contributed by atoms with Crippen LogP contribution >= 0.6 is 0 Å². The van der Waals surface area contributed by atoms with Crippen molar-refractivity contribution in [3.8, 4) is 5.88 Å². The molecule has 0 spiro atoms. The number of anilines is 1. The molecule has 3 aromatic heterocycles. The third-order valence-electron chi connectivity index (χ3n) is 6.39. The Labute approximate surface area is 197 Å². The Morgan fingerprint density at radius 3 is 2.65 bits per heavy atom. The van der Waals surface area contributed by atoms with Crippen LogP contribution < -0.4 is 15.0 Å². The van der Waals surface area contributed by atoms with E-state index < -0.39 is 11.8 Å². The molecule has 2 fully saturated rings. The highest BCUT2D eigenvalue weighted by atomic mass is 16.5. The fraction of sp³-hybridized carbons (Fsp3) is 0.458. The van der Waals surface area contributed by atoms with Crippen LogP contribution in [0, 0.1) is 0 Å². The first kappa shape index (κ1) is 22.3. The van der Waals surface area contributed by atoms with Gasteiger partial charge in [-0.05, 0) is 31.7 Å². The molecule has 1 aliphatic heterocycles. The fourth-order valence-electron chi connectivity index (χ4n) is 4.59. The molecule has 178 valence electrons. The van der Waals surface area contributed by atoms with Gasteiger partial charge in [-0.15, -0.1) is 0 Å². The third kappa shape index (κ3) is 4.86. The summed E-state index contributed by atoms with van der Waals surface area (Å²) in [4.78, 5) is 39.4. The first-order chi connectivity index (χ1) is 16.6. The number of imidazole rings is 1. The van der Waals surface area contributed by atoms with Crippen molar-refractivity contribution in [2.75, 3.05) is 31.2 Å². The first-order valence-corrected chi connectivity index (χ1v) is 11.7. The van der Waals surface area contributed by atoms with Gasteiger partial charge in [0.1, 0.15) is 11.9 Å². The second kappa shape index (κ2) is 9.76. The summed E-state index contributed by atoms with van der Waals surface area (Å²) in [7, 11) is 0. The minimum atomic E-state index is -0.494. The molecule has 2 aliphatic rings. The monoisotopic (exact) mass is 464 g/mol. The molecule has 1 saturated carbocycles. The molecule has 0 aromatic carbocycles. The SMILES string of the molecule is CC(=O)NC(=O)c1cnc2cc(N3CCOCC3)nc(O[C@H]3CC[C@@H](n4ccnc4)CC3)c2c1. The van der Waals surface area contributed by atoms with Crippen LogP contribution in [-0.2, 0) is 9.53 Å². The minimum Gasteiger partial charge on any atom is -0.474 e. The molecular formula is C24H28N6O4. The van der Waals surface area contributed by atoms with Crippen LogP contribution in [0.2, 0.25) is 0 Å². The molecule has 0 radical (unpaired) electrons. The van der Waals surface area contributed by atoms with E-state index in [0.717, 1.165) is 44.6 Å². The Hall–Kier alpha value is -3.53. The van der Waals surface area contributed by atoms with Crippen LogP contribution in [0.1, 0.15) is 49.0 Å². The summed E-state index contributed by atoms with van der Waals surface area (Å²) in [6, 6.07) is 4.04. The first-order valence-electron chi connectivity index (χ1n) is 11.7. The molecule has 34 heavy (non-hydrogen) atoms. The smallest absolute Gasteiger partial charge is 0.259 e. The predicted octanol–water partition coefficient (Wildman–Crippen LogP) is 2.50. The van der Waals surface area contributed by atoms with Crippen molar-refractivity contribution in [3.63, 3.8) is 0 Å². The lowest BCUT2D eigenvalue weighted by molar-refractivity contribution is -0.118. The number of morpholine rings is 1. The number of rotatable bonds is 5.